The summed E-state index contributed by atoms with van der Waals surface area (Å²) >= 11 is 0. The first kappa shape index (κ1) is 13.1. The molecule has 2 rings (SSSR count). The van der Waals surface area contributed by atoms with Gasteiger partial charge >= 0.3 is 5.97 Å². The number of nitrogens with zero attached hydrogens (tertiary/aromatic N) is 1. The summed E-state index contributed by atoms with van der Waals surface area (Å²) in [5.74, 6) is 0.0839. The minimum absolute atomic E-state index is 0.344. The largest absolute Gasteiger partial charge is 0.461 e. The van der Waals surface area contributed by atoms with Crippen LogP contribution in [-0.2, 0) is 14.4 Å². The predicted molar refractivity (Wildman–Crippen MR) is 69.3 cm³/mol. The summed E-state index contributed by atoms with van der Waals surface area (Å²) in [5.41, 5.74) is 1.52. The van der Waals surface area contributed by atoms with Gasteiger partial charge in [-0.15, -0.1) is 0 Å². The average Bonchev–Trinajstić information content (AvgIpc) is 2.74. The summed E-state index contributed by atoms with van der Waals surface area (Å²) < 4.78 is 4.96. The molecule has 0 amide bonds. The molecule has 0 aromatic rings. The highest BCUT2D eigenvalue weighted by Crippen LogP contribution is 2.39. The molecule has 0 unspecified atom stereocenters. The second-order valence-electron chi connectivity index (χ2n) is 5.36. The Bertz CT molecular complexity index is 400. The molecule has 4 heteroatoms. The molecule has 0 aromatic carbocycles. The van der Waals surface area contributed by atoms with E-state index in [1.165, 1.54) is 5.57 Å². The fourth-order valence-corrected chi connectivity index (χ4v) is 2.62. The Morgan fingerprint density at radius 2 is 2.44 bits per heavy atom. The van der Waals surface area contributed by atoms with E-state index in [9.17, 15) is 4.79 Å². The van der Waals surface area contributed by atoms with E-state index >= 15 is 0 Å². The standard InChI is InChI=1S/C14H21NO3/c1-4-17-13(16)12-9-14(3,18-15-12)11-7-5-10(2)6-8-11/h5,11H,4,6-9H2,1-3H3/t11-,14+/m0/s1. The van der Waals surface area contributed by atoms with Gasteiger partial charge in [0.1, 0.15) is 5.60 Å². The Morgan fingerprint density at radius 3 is 3.06 bits per heavy atom. The average molecular weight is 251 g/mol. The number of ether oxygens (including phenoxy) is 1. The summed E-state index contributed by atoms with van der Waals surface area (Å²) in [6, 6.07) is 0. The Balaban J connectivity index is 1.98. The maximum Gasteiger partial charge on any atom is 0.356 e. The molecule has 0 saturated carbocycles. The highest BCUT2D eigenvalue weighted by Gasteiger charge is 2.44. The van der Waals surface area contributed by atoms with Gasteiger partial charge in [0, 0.05) is 12.3 Å². The summed E-state index contributed by atoms with van der Waals surface area (Å²) in [7, 11) is 0. The molecule has 18 heavy (non-hydrogen) atoms. The monoisotopic (exact) mass is 251 g/mol. The molecule has 0 spiro atoms. The van der Waals surface area contributed by atoms with Crippen LogP contribution in [0.25, 0.3) is 0 Å². The van der Waals surface area contributed by atoms with Gasteiger partial charge in [-0.2, -0.15) is 0 Å². The molecular formula is C14H21NO3. The minimum Gasteiger partial charge on any atom is -0.461 e. The van der Waals surface area contributed by atoms with Gasteiger partial charge in [0.05, 0.1) is 6.61 Å². The van der Waals surface area contributed by atoms with Gasteiger partial charge in [0.2, 0.25) is 0 Å². The van der Waals surface area contributed by atoms with Crippen molar-refractivity contribution in [2.75, 3.05) is 6.61 Å². The molecule has 0 radical (unpaired) electrons. The van der Waals surface area contributed by atoms with E-state index < -0.39 is 0 Å². The lowest BCUT2D eigenvalue weighted by Crippen LogP contribution is -2.36. The zero-order chi connectivity index (χ0) is 13.2. The third-order valence-corrected chi connectivity index (χ3v) is 3.90. The van der Waals surface area contributed by atoms with Gasteiger partial charge in [-0.1, -0.05) is 16.8 Å². The van der Waals surface area contributed by atoms with Crippen LogP contribution >= 0.6 is 0 Å². The highest BCUT2D eigenvalue weighted by molar-refractivity contribution is 6.36. The number of carbonyl (C=O) groups excluding carboxylic acids is 1. The molecule has 0 N–H and O–H groups in total. The van der Waals surface area contributed by atoms with Gasteiger partial charge < -0.3 is 9.57 Å². The van der Waals surface area contributed by atoms with Gasteiger partial charge in [-0.25, -0.2) is 4.79 Å². The molecule has 2 aliphatic rings. The Kier molecular flexibility index (Phi) is 3.73. The van der Waals surface area contributed by atoms with E-state index in [1.807, 2.05) is 6.92 Å². The predicted octanol–water partition coefficient (Wildman–Crippen LogP) is 2.83. The molecule has 0 fully saturated rings. The Labute approximate surface area is 108 Å². The van der Waals surface area contributed by atoms with E-state index in [1.54, 1.807) is 6.92 Å². The van der Waals surface area contributed by atoms with Crippen LogP contribution < -0.4 is 0 Å². The number of oxime groups is 1. The second-order valence-corrected chi connectivity index (χ2v) is 5.36. The number of hydrogen-bond donors (Lipinski definition) is 0. The van der Waals surface area contributed by atoms with Crippen LogP contribution in [0.4, 0.5) is 0 Å². The molecule has 0 bridgehead atoms. The maximum atomic E-state index is 11.6. The van der Waals surface area contributed by atoms with Crippen molar-refractivity contribution in [1.82, 2.24) is 0 Å². The summed E-state index contributed by atoms with van der Waals surface area (Å²) in [5, 5.41) is 3.92. The molecule has 1 heterocycles. The first-order valence-corrected chi connectivity index (χ1v) is 6.63. The van der Waals surface area contributed by atoms with Crippen LogP contribution in [0.2, 0.25) is 0 Å². The first-order chi connectivity index (χ1) is 8.55. The van der Waals surface area contributed by atoms with Crippen LogP contribution in [0.15, 0.2) is 16.8 Å². The van der Waals surface area contributed by atoms with E-state index in [2.05, 4.69) is 18.2 Å². The van der Waals surface area contributed by atoms with Crippen molar-refractivity contribution in [3.05, 3.63) is 11.6 Å². The fourth-order valence-electron chi connectivity index (χ4n) is 2.62. The van der Waals surface area contributed by atoms with Crippen LogP contribution in [0.3, 0.4) is 0 Å². The molecule has 100 valence electrons. The molecule has 0 aromatic heterocycles. The van der Waals surface area contributed by atoms with E-state index in [-0.39, 0.29) is 11.6 Å². The van der Waals surface area contributed by atoms with Crippen molar-refractivity contribution in [3.63, 3.8) is 0 Å². The third kappa shape index (κ3) is 2.57. The lowest BCUT2D eigenvalue weighted by molar-refractivity contribution is -0.135. The summed E-state index contributed by atoms with van der Waals surface area (Å²) in [6.45, 7) is 6.37. The van der Waals surface area contributed by atoms with Crippen LogP contribution in [0.1, 0.15) is 46.5 Å². The summed E-state index contributed by atoms with van der Waals surface area (Å²) in [4.78, 5) is 17.2. The first-order valence-electron chi connectivity index (χ1n) is 6.63. The fraction of sp³-hybridized carbons (Fsp3) is 0.714. The molecule has 1 aliphatic heterocycles. The van der Waals surface area contributed by atoms with Crippen molar-refractivity contribution in [2.24, 2.45) is 11.1 Å². The van der Waals surface area contributed by atoms with Gasteiger partial charge in [0.25, 0.3) is 0 Å². The van der Waals surface area contributed by atoms with Crippen molar-refractivity contribution >= 4 is 11.7 Å². The molecule has 1 aliphatic carbocycles. The number of allylic oxidation sites excluding steroid dienone is 2. The lowest BCUT2D eigenvalue weighted by Gasteiger charge is -2.33. The van der Waals surface area contributed by atoms with E-state index in [0.29, 0.717) is 24.7 Å². The van der Waals surface area contributed by atoms with Gasteiger partial charge in [-0.05, 0) is 40.0 Å². The third-order valence-electron chi connectivity index (χ3n) is 3.90. The van der Waals surface area contributed by atoms with Crippen molar-refractivity contribution in [3.8, 4) is 0 Å². The van der Waals surface area contributed by atoms with Crippen LogP contribution in [0.5, 0.6) is 0 Å². The van der Waals surface area contributed by atoms with Crippen LogP contribution in [0, 0.1) is 5.92 Å². The van der Waals surface area contributed by atoms with Crippen LogP contribution in [-0.4, -0.2) is 23.9 Å². The number of carbonyl (C=O) groups is 1. The normalized spacial score (nSPS) is 31.4. The molecular weight excluding hydrogens is 230 g/mol. The zero-order valence-corrected chi connectivity index (χ0v) is 11.4. The smallest absolute Gasteiger partial charge is 0.356 e. The lowest BCUT2D eigenvalue weighted by atomic mass is 9.76. The number of esters is 1. The molecule has 0 saturated heterocycles. The number of hydrogen-bond acceptors (Lipinski definition) is 4. The quantitative estimate of drug-likeness (QED) is 0.572. The summed E-state index contributed by atoms with van der Waals surface area (Å²) in [6.07, 6.45) is 6.05. The van der Waals surface area contributed by atoms with Gasteiger partial charge in [0.15, 0.2) is 5.71 Å². The van der Waals surface area contributed by atoms with E-state index in [4.69, 9.17) is 9.57 Å². The molecule has 2 atom stereocenters. The van der Waals surface area contributed by atoms with Gasteiger partial charge in [-0.3, -0.25) is 0 Å². The second kappa shape index (κ2) is 5.12. The maximum absolute atomic E-state index is 11.6. The minimum atomic E-state index is -0.348. The zero-order valence-electron chi connectivity index (χ0n) is 11.4. The Hall–Kier alpha value is -1.32. The number of rotatable bonds is 3. The molecule has 4 nitrogen and oxygen atoms in total. The highest BCUT2D eigenvalue weighted by atomic mass is 16.7. The SMILES string of the molecule is CCOC(=O)C1=NO[C@@](C)([C@H]2CC=C(C)CC2)C1. The Morgan fingerprint density at radius 1 is 1.67 bits per heavy atom. The van der Waals surface area contributed by atoms with E-state index in [0.717, 1.165) is 19.3 Å². The van der Waals surface area contributed by atoms with Crippen molar-refractivity contribution < 1.29 is 14.4 Å². The van der Waals surface area contributed by atoms with Crippen molar-refractivity contribution in [1.29, 1.82) is 0 Å². The topological polar surface area (TPSA) is 47.9 Å². The van der Waals surface area contributed by atoms with Crippen molar-refractivity contribution in [2.45, 2.75) is 52.1 Å².